The Bertz CT molecular complexity index is 2160. The van der Waals surface area contributed by atoms with Gasteiger partial charge in [0.2, 0.25) is 0 Å². The first kappa shape index (κ1) is 34.3. The number of aromatic amines is 1. The minimum atomic E-state index is -3.71. The molecule has 0 amide bonds. The number of aliphatic carboxylic acids is 1. The van der Waals surface area contributed by atoms with Gasteiger partial charge in [0.15, 0.2) is 33.1 Å². The molecule has 3 heterocycles. The Balaban J connectivity index is 1.50. The van der Waals surface area contributed by atoms with Gasteiger partial charge in [0.05, 0.1) is 22.5 Å². The molecule has 0 radical (unpaired) electrons. The van der Waals surface area contributed by atoms with Gasteiger partial charge in [0, 0.05) is 42.2 Å². The monoisotopic (exact) mass is 690 g/mol. The van der Waals surface area contributed by atoms with Gasteiger partial charge in [0.25, 0.3) is 0 Å². The van der Waals surface area contributed by atoms with E-state index in [9.17, 15) is 18.3 Å². The summed E-state index contributed by atoms with van der Waals surface area (Å²) in [6, 6.07) is 14.7. The number of carboxylic acids is 1. The van der Waals surface area contributed by atoms with E-state index >= 15 is 8.78 Å². The number of carboxylic acid groups (broad SMARTS) is 1. The molecule has 1 unspecified atom stereocenters. The van der Waals surface area contributed by atoms with Crippen LogP contribution in [0.2, 0.25) is 0 Å². The SMILES string of the molecule is Cn1nc2nc1-c1cc(ccc1F)Oc1c(F)cc3[nH]ccc3c1CS(=O)(=O)CCC(C)(C)CCCC2(C)c1cccc(CCC(=O)O)c1. The maximum absolute atomic E-state index is 15.7. The molecule has 3 aromatic carbocycles. The zero-order valence-corrected chi connectivity index (χ0v) is 28.8. The van der Waals surface area contributed by atoms with Gasteiger partial charge in [-0.1, -0.05) is 44.5 Å². The lowest BCUT2D eigenvalue weighted by atomic mass is 9.74. The van der Waals surface area contributed by atoms with Crippen LogP contribution >= 0.6 is 0 Å². The van der Waals surface area contributed by atoms with Gasteiger partial charge >= 0.3 is 5.97 Å². The fourth-order valence-corrected chi connectivity index (χ4v) is 8.40. The first-order valence-corrected chi connectivity index (χ1v) is 18.2. The smallest absolute Gasteiger partial charge is 0.303 e. The molecule has 1 aliphatic heterocycles. The lowest BCUT2D eigenvalue weighted by molar-refractivity contribution is -0.136. The van der Waals surface area contributed by atoms with Gasteiger partial charge in [-0.25, -0.2) is 26.9 Å². The number of sulfone groups is 1. The van der Waals surface area contributed by atoms with Crippen LogP contribution in [-0.2, 0) is 39.3 Å². The van der Waals surface area contributed by atoms with Crippen LogP contribution in [0.1, 0.15) is 75.4 Å². The van der Waals surface area contributed by atoms with Crippen LogP contribution in [0, 0.1) is 17.0 Å². The van der Waals surface area contributed by atoms with E-state index in [4.69, 9.17) is 14.8 Å². The number of nitrogens with one attached hydrogen (secondary N) is 1. The number of hydrogen-bond donors (Lipinski definition) is 2. The van der Waals surface area contributed by atoms with Crippen LogP contribution in [-0.4, -0.2) is 45.0 Å². The fraction of sp³-hybridized carbons (Fsp3) is 0.378. The highest BCUT2D eigenvalue weighted by molar-refractivity contribution is 7.90. The fourth-order valence-electron chi connectivity index (χ4n) is 6.66. The van der Waals surface area contributed by atoms with Gasteiger partial charge in [0.1, 0.15) is 11.6 Å². The third-order valence-corrected chi connectivity index (χ3v) is 11.3. The third-order valence-electron chi connectivity index (χ3n) is 9.70. The van der Waals surface area contributed by atoms with Crippen LogP contribution in [0.3, 0.4) is 0 Å². The second-order valence-electron chi connectivity index (χ2n) is 14.0. The van der Waals surface area contributed by atoms with E-state index in [1.54, 1.807) is 19.3 Å². The summed E-state index contributed by atoms with van der Waals surface area (Å²) in [5.41, 5.74) is 1.37. The number of H-pyrrole nitrogens is 1. The normalized spacial score (nSPS) is 19.4. The topological polar surface area (TPSA) is 127 Å². The number of nitrogens with zero attached hydrogens (tertiary/aromatic N) is 3. The summed E-state index contributed by atoms with van der Waals surface area (Å²) in [6.07, 6.45) is 4.36. The Labute approximate surface area is 284 Å². The Morgan fingerprint density at radius 2 is 1.84 bits per heavy atom. The Kier molecular flexibility index (Phi) is 9.12. The molecule has 2 N–H and O–H groups in total. The molecule has 6 rings (SSSR count). The van der Waals surface area contributed by atoms with Crippen LogP contribution in [0.15, 0.2) is 60.8 Å². The average Bonchev–Trinajstić information content (AvgIpc) is 3.68. The molecule has 0 spiro atoms. The molecule has 9 nitrogen and oxygen atoms in total. The van der Waals surface area contributed by atoms with Crippen molar-refractivity contribution in [2.45, 2.75) is 70.5 Å². The predicted molar refractivity (Wildman–Crippen MR) is 183 cm³/mol. The lowest BCUT2D eigenvalue weighted by Crippen LogP contribution is -2.27. The highest BCUT2D eigenvalue weighted by atomic mass is 32.2. The molecule has 258 valence electrons. The first-order chi connectivity index (χ1) is 23.1. The standard InChI is InChI=1S/C37H40F2N4O5S/c1-36(2)14-6-15-37(3,24-8-5-7-23(19-24)9-12-32(44)45)35-41-34(43(4)42-35)27-20-25(10-11-29(27)38)48-33-28(22-49(46,47)18-16-36)26-13-17-40-31(26)21-30(33)39/h5,7-8,10-11,13,17,19-21,40H,6,9,12,14-16,18,22H2,1-4H3,(H,44,45). The van der Waals surface area contributed by atoms with Gasteiger partial charge in [-0.2, -0.15) is 5.10 Å². The number of halogens is 2. The molecule has 1 aliphatic rings. The van der Waals surface area contributed by atoms with Crippen molar-refractivity contribution >= 4 is 26.7 Å². The van der Waals surface area contributed by atoms with Crippen LogP contribution < -0.4 is 4.74 Å². The molecule has 4 bridgehead atoms. The second-order valence-corrected chi connectivity index (χ2v) is 16.2. The van der Waals surface area contributed by atoms with Gasteiger partial charge < -0.3 is 14.8 Å². The molecular formula is C37H40F2N4O5S. The Hall–Kier alpha value is -4.58. The maximum atomic E-state index is 15.7. The summed E-state index contributed by atoms with van der Waals surface area (Å²) in [4.78, 5) is 19.1. The number of benzene rings is 3. The lowest BCUT2D eigenvalue weighted by Gasteiger charge is -2.31. The van der Waals surface area contributed by atoms with Crippen LogP contribution in [0.4, 0.5) is 8.78 Å². The van der Waals surface area contributed by atoms with E-state index in [1.165, 1.54) is 28.9 Å². The van der Waals surface area contributed by atoms with Crippen molar-refractivity contribution in [3.63, 3.8) is 0 Å². The van der Waals surface area contributed by atoms with Crippen LogP contribution in [0.5, 0.6) is 11.5 Å². The van der Waals surface area contributed by atoms with Gasteiger partial charge in [-0.05, 0) is 73.4 Å². The van der Waals surface area contributed by atoms with Gasteiger partial charge in [-0.15, -0.1) is 0 Å². The number of aryl methyl sites for hydroxylation is 2. The zero-order chi connectivity index (χ0) is 35.1. The first-order valence-electron chi connectivity index (χ1n) is 16.3. The molecular weight excluding hydrogens is 650 g/mol. The number of aromatic nitrogens is 4. The van der Waals surface area contributed by atoms with Crippen molar-refractivity contribution in [1.82, 2.24) is 19.7 Å². The number of rotatable bonds is 4. The summed E-state index contributed by atoms with van der Waals surface area (Å²) in [5, 5.41) is 14.6. The third kappa shape index (κ3) is 7.24. The van der Waals surface area contributed by atoms with Gasteiger partial charge in [-0.3, -0.25) is 4.79 Å². The molecule has 5 aromatic rings. The molecule has 0 fully saturated rings. The summed E-state index contributed by atoms with van der Waals surface area (Å²) >= 11 is 0. The van der Waals surface area contributed by atoms with Crippen LogP contribution in [0.25, 0.3) is 22.3 Å². The molecule has 49 heavy (non-hydrogen) atoms. The molecule has 0 saturated carbocycles. The van der Waals surface area contributed by atoms with Crippen molar-refractivity contribution in [3.05, 3.63) is 94.9 Å². The van der Waals surface area contributed by atoms with E-state index < -0.39 is 38.6 Å². The minimum absolute atomic E-state index is 0.00855. The summed E-state index contributed by atoms with van der Waals surface area (Å²) in [7, 11) is -2.03. The zero-order valence-electron chi connectivity index (χ0n) is 28.0. The summed E-state index contributed by atoms with van der Waals surface area (Å²) in [5.74, 6) is -2.19. The van der Waals surface area contributed by atoms with Crippen molar-refractivity contribution in [2.75, 3.05) is 5.75 Å². The molecule has 12 heteroatoms. The molecule has 2 aromatic heterocycles. The maximum Gasteiger partial charge on any atom is 0.303 e. The second kappa shape index (κ2) is 13.0. The van der Waals surface area contributed by atoms with E-state index in [0.29, 0.717) is 48.8 Å². The van der Waals surface area contributed by atoms with E-state index in [1.807, 2.05) is 45.0 Å². The van der Waals surface area contributed by atoms with Crippen molar-refractivity contribution < 1.29 is 31.8 Å². The number of carbonyl (C=O) groups is 1. The summed E-state index contributed by atoms with van der Waals surface area (Å²) in [6.45, 7) is 6.10. The summed E-state index contributed by atoms with van der Waals surface area (Å²) < 4.78 is 66.1. The minimum Gasteiger partial charge on any atom is -0.481 e. The Morgan fingerprint density at radius 3 is 2.61 bits per heavy atom. The van der Waals surface area contributed by atoms with E-state index in [-0.39, 0.29) is 46.0 Å². The molecule has 0 saturated heterocycles. The van der Waals surface area contributed by atoms with Crippen molar-refractivity contribution in [2.24, 2.45) is 12.5 Å². The molecule has 0 aliphatic carbocycles. The predicted octanol–water partition coefficient (Wildman–Crippen LogP) is 7.87. The molecule has 1 atom stereocenters. The highest BCUT2D eigenvalue weighted by Gasteiger charge is 2.36. The van der Waals surface area contributed by atoms with Crippen molar-refractivity contribution in [1.29, 1.82) is 0 Å². The highest BCUT2D eigenvalue weighted by Crippen LogP contribution is 2.41. The Morgan fingerprint density at radius 1 is 1.04 bits per heavy atom. The van der Waals surface area contributed by atoms with E-state index in [2.05, 4.69) is 4.98 Å². The number of fused-ring (bicyclic) bond motifs is 8. The van der Waals surface area contributed by atoms with E-state index in [0.717, 1.165) is 11.1 Å². The number of hydrogen-bond acceptors (Lipinski definition) is 6. The quantitative estimate of drug-likeness (QED) is 0.197. The van der Waals surface area contributed by atoms with Crippen molar-refractivity contribution in [3.8, 4) is 22.9 Å². The largest absolute Gasteiger partial charge is 0.481 e. The average molecular weight is 691 g/mol. The number of ether oxygens (including phenoxy) is 1.